The zero-order valence-corrected chi connectivity index (χ0v) is 11.2. The summed E-state index contributed by atoms with van der Waals surface area (Å²) < 4.78 is 44.8. The maximum atomic E-state index is 13.3. The Morgan fingerprint density at radius 1 is 1.25 bits per heavy atom. The Bertz CT molecular complexity index is 551. The van der Waals surface area contributed by atoms with E-state index in [9.17, 15) is 13.2 Å². The highest BCUT2D eigenvalue weighted by atomic mass is 19.4. The van der Waals surface area contributed by atoms with E-state index >= 15 is 0 Å². The topological polar surface area (TPSA) is 29.3 Å². The zero-order chi connectivity index (χ0) is 14.8. The largest absolute Gasteiger partial charge is 0.408 e. The van der Waals surface area contributed by atoms with Gasteiger partial charge in [-0.25, -0.2) is 0 Å². The lowest BCUT2D eigenvalue weighted by Gasteiger charge is -2.29. The van der Waals surface area contributed by atoms with Crippen molar-refractivity contribution >= 4 is 0 Å². The van der Waals surface area contributed by atoms with Crippen molar-refractivity contribution in [1.29, 1.82) is 0 Å². The Morgan fingerprint density at radius 3 is 2.40 bits per heavy atom. The van der Waals surface area contributed by atoms with Gasteiger partial charge in [-0.05, 0) is 19.5 Å². The molecule has 0 amide bonds. The molecule has 1 atom stereocenters. The minimum Gasteiger partial charge on any atom is -0.360 e. The number of hydrogen-bond donors (Lipinski definition) is 0. The van der Waals surface area contributed by atoms with Gasteiger partial charge in [0.25, 0.3) is 0 Å². The lowest BCUT2D eigenvalue weighted by molar-refractivity contribution is -0.185. The molecule has 0 aliphatic heterocycles. The number of nitrogens with zero attached hydrogens (tertiary/aromatic N) is 2. The summed E-state index contributed by atoms with van der Waals surface area (Å²) in [4.78, 5) is 1.20. The maximum absolute atomic E-state index is 13.3. The fourth-order valence-corrected chi connectivity index (χ4v) is 2.16. The van der Waals surface area contributed by atoms with E-state index in [1.54, 1.807) is 31.2 Å². The van der Waals surface area contributed by atoms with Gasteiger partial charge >= 0.3 is 6.18 Å². The van der Waals surface area contributed by atoms with Crippen molar-refractivity contribution in [1.82, 2.24) is 10.1 Å². The van der Waals surface area contributed by atoms with E-state index < -0.39 is 12.2 Å². The molecule has 0 radical (unpaired) electrons. The molecule has 0 unspecified atom stereocenters. The van der Waals surface area contributed by atoms with Crippen molar-refractivity contribution in [3.8, 4) is 0 Å². The number of aryl methyl sites for hydroxylation is 1. The van der Waals surface area contributed by atoms with Gasteiger partial charge in [-0.2, -0.15) is 13.2 Å². The molecule has 0 aliphatic rings. The summed E-state index contributed by atoms with van der Waals surface area (Å²) in [5.74, 6) is 0.412. The van der Waals surface area contributed by atoms with Crippen molar-refractivity contribution in [3.05, 3.63) is 53.4 Å². The number of halogens is 3. The summed E-state index contributed by atoms with van der Waals surface area (Å²) in [6, 6.07) is 7.79. The van der Waals surface area contributed by atoms with E-state index in [1.807, 2.05) is 0 Å². The van der Waals surface area contributed by atoms with Crippen LogP contribution in [0.2, 0.25) is 0 Å². The highest BCUT2D eigenvalue weighted by Gasteiger charge is 2.43. The first-order chi connectivity index (χ1) is 9.38. The molecule has 1 aromatic heterocycles. The zero-order valence-electron chi connectivity index (χ0n) is 11.2. The highest BCUT2D eigenvalue weighted by Crippen LogP contribution is 2.37. The van der Waals surface area contributed by atoms with Crippen LogP contribution in [0.3, 0.4) is 0 Å². The van der Waals surface area contributed by atoms with Crippen LogP contribution in [0.15, 0.2) is 40.9 Å². The highest BCUT2D eigenvalue weighted by molar-refractivity contribution is 5.20. The lowest BCUT2D eigenvalue weighted by atomic mass is 10.1. The van der Waals surface area contributed by atoms with Crippen LogP contribution in [0, 0.1) is 6.92 Å². The third kappa shape index (κ3) is 3.39. The normalized spacial score (nSPS) is 13.7. The first-order valence-electron chi connectivity index (χ1n) is 6.12. The van der Waals surface area contributed by atoms with Gasteiger partial charge in [0.1, 0.15) is 6.04 Å². The molecule has 20 heavy (non-hydrogen) atoms. The van der Waals surface area contributed by atoms with Crippen molar-refractivity contribution < 1.29 is 17.7 Å². The Hall–Kier alpha value is -1.82. The van der Waals surface area contributed by atoms with Gasteiger partial charge in [-0.15, -0.1) is 0 Å². The second-order valence-corrected chi connectivity index (χ2v) is 4.70. The summed E-state index contributed by atoms with van der Waals surface area (Å²) >= 11 is 0. The summed E-state index contributed by atoms with van der Waals surface area (Å²) in [6.45, 7) is 1.77. The van der Waals surface area contributed by atoms with Crippen LogP contribution >= 0.6 is 0 Å². The van der Waals surface area contributed by atoms with Crippen LogP contribution in [-0.4, -0.2) is 23.3 Å². The van der Waals surface area contributed by atoms with Crippen LogP contribution in [0.5, 0.6) is 0 Å². The molecule has 1 heterocycles. The van der Waals surface area contributed by atoms with Crippen molar-refractivity contribution in [2.24, 2.45) is 0 Å². The Morgan fingerprint density at radius 2 is 1.90 bits per heavy atom. The van der Waals surface area contributed by atoms with E-state index in [4.69, 9.17) is 4.52 Å². The standard InChI is InChI=1S/C14H15F3N2O/c1-10-8-12(20-18-10)9-19(2)13(14(15,16)17)11-6-4-3-5-7-11/h3-8,13H,9H2,1-2H3/t13-/m1/s1. The van der Waals surface area contributed by atoms with Crippen LogP contribution in [-0.2, 0) is 6.54 Å². The van der Waals surface area contributed by atoms with E-state index in [0.717, 1.165) is 0 Å². The quantitative estimate of drug-likeness (QED) is 0.857. The SMILES string of the molecule is Cc1cc(CN(C)[C@H](c2ccccc2)C(F)(F)F)on1. The van der Waals surface area contributed by atoms with E-state index in [2.05, 4.69) is 5.16 Å². The third-order valence-corrected chi connectivity index (χ3v) is 2.95. The number of benzene rings is 1. The fraction of sp³-hybridized carbons (Fsp3) is 0.357. The molecule has 2 aromatic rings. The van der Waals surface area contributed by atoms with Gasteiger partial charge in [0.05, 0.1) is 12.2 Å². The monoisotopic (exact) mass is 284 g/mol. The van der Waals surface area contributed by atoms with E-state index in [0.29, 0.717) is 11.5 Å². The molecule has 3 nitrogen and oxygen atoms in total. The van der Waals surface area contributed by atoms with Crippen LogP contribution in [0.1, 0.15) is 23.1 Å². The lowest BCUT2D eigenvalue weighted by Crippen LogP contribution is -2.35. The van der Waals surface area contributed by atoms with Crippen LogP contribution in [0.25, 0.3) is 0 Å². The first kappa shape index (κ1) is 14.6. The molecule has 0 saturated carbocycles. The Labute approximate surface area is 115 Å². The average molecular weight is 284 g/mol. The molecule has 0 saturated heterocycles. The summed E-state index contributed by atoms with van der Waals surface area (Å²) in [7, 11) is 1.42. The summed E-state index contributed by atoms with van der Waals surface area (Å²) in [6.07, 6.45) is -4.36. The molecule has 2 rings (SSSR count). The molecule has 0 spiro atoms. The van der Waals surface area contributed by atoms with Gasteiger partial charge < -0.3 is 4.52 Å². The predicted octanol–water partition coefficient (Wildman–Crippen LogP) is 3.72. The van der Waals surface area contributed by atoms with Crippen molar-refractivity contribution in [2.75, 3.05) is 7.05 Å². The number of alkyl halides is 3. The fourth-order valence-electron chi connectivity index (χ4n) is 2.16. The van der Waals surface area contributed by atoms with Crippen LogP contribution < -0.4 is 0 Å². The smallest absolute Gasteiger partial charge is 0.360 e. The van der Waals surface area contributed by atoms with Gasteiger partial charge in [0.2, 0.25) is 0 Å². The molecule has 1 aromatic carbocycles. The van der Waals surface area contributed by atoms with Gasteiger partial charge in [0.15, 0.2) is 5.76 Å². The number of rotatable bonds is 4. The molecule has 108 valence electrons. The van der Waals surface area contributed by atoms with Gasteiger partial charge in [0, 0.05) is 6.07 Å². The van der Waals surface area contributed by atoms with Gasteiger partial charge in [-0.3, -0.25) is 4.90 Å². The summed E-state index contributed by atoms with van der Waals surface area (Å²) in [5.41, 5.74) is 0.857. The second-order valence-electron chi connectivity index (χ2n) is 4.70. The maximum Gasteiger partial charge on any atom is 0.408 e. The molecular formula is C14H15F3N2O. The molecule has 6 heteroatoms. The van der Waals surface area contributed by atoms with E-state index in [1.165, 1.54) is 24.1 Å². The molecule has 0 aliphatic carbocycles. The second kappa shape index (κ2) is 5.66. The van der Waals surface area contributed by atoms with Crippen molar-refractivity contribution in [3.63, 3.8) is 0 Å². The Balaban J connectivity index is 2.23. The first-order valence-corrected chi connectivity index (χ1v) is 6.12. The summed E-state index contributed by atoms with van der Waals surface area (Å²) in [5, 5.41) is 3.68. The molecular weight excluding hydrogens is 269 g/mol. The van der Waals surface area contributed by atoms with Crippen LogP contribution in [0.4, 0.5) is 13.2 Å². The van der Waals surface area contributed by atoms with Gasteiger partial charge in [-0.1, -0.05) is 35.5 Å². The number of aromatic nitrogens is 1. The van der Waals surface area contributed by atoms with Crippen molar-refractivity contribution in [2.45, 2.75) is 25.7 Å². The minimum atomic E-state index is -4.36. The Kier molecular flexibility index (Phi) is 4.13. The average Bonchev–Trinajstić information content (AvgIpc) is 2.74. The number of hydrogen-bond acceptors (Lipinski definition) is 3. The molecule has 0 bridgehead atoms. The van der Waals surface area contributed by atoms with E-state index in [-0.39, 0.29) is 12.1 Å². The minimum absolute atomic E-state index is 0.0416. The third-order valence-electron chi connectivity index (χ3n) is 2.95. The molecule has 0 N–H and O–H groups in total. The molecule has 0 fully saturated rings. The predicted molar refractivity (Wildman–Crippen MR) is 67.9 cm³/mol.